The van der Waals surface area contributed by atoms with Gasteiger partial charge in [-0.3, -0.25) is 10.1 Å². The number of amides is 1. The molecule has 1 aromatic heterocycles. The van der Waals surface area contributed by atoms with E-state index in [0.29, 0.717) is 5.56 Å². The predicted octanol–water partition coefficient (Wildman–Crippen LogP) is 5.08. The zero-order valence-corrected chi connectivity index (χ0v) is 19.7. The highest BCUT2D eigenvalue weighted by molar-refractivity contribution is 7.92. The predicted molar refractivity (Wildman–Crippen MR) is 130 cm³/mol. The van der Waals surface area contributed by atoms with Crippen molar-refractivity contribution in [2.45, 2.75) is 36.3 Å². The molecule has 34 heavy (non-hydrogen) atoms. The Hall–Kier alpha value is -3.78. The van der Waals surface area contributed by atoms with Crippen LogP contribution >= 0.6 is 0 Å². The van der Waals surface area contributed by atoms with E-state index >= 15 is 0 Å². The van der Waals surface area contributed by atoms with E-state index in [1.54, 1.807) is 26.0 Å². The van der Waals surface area contributed by atoms with Crippen molar-refractivity contribution >= 4 is 21.8 Å². The molecular formula is C26H25N3O4S. The lowest BCUT2D eigenvalue weighted by atomic mass is 9.88. The van der Waals surface area contributed by atoms with E-state index in [-0.39, 0.29) is 35.0 Å². The van der Waals surface area contributed by atoms with Crippen molar-refractivity contribution in [3.05, 3.63) is 96.1 Å². The minimum absolute atomic E-state index is 0.0445. The molecule has 4 rings (SSSR count). The lowest BCUT2D eigenvalue weighted by Crippen LogP contribution is -2.16. The standard InChI is InChI=1S/C26H25N3O4S/c1-18(2)34(31,32)22-15-9-14-21(16-22)25-28-29-26(33-25)27-24(30)17-23(19-10-5-3-6-11-19)20-12-7-4-8-13-20/h3-16,18,23H,17H2,1-2H3,(H,27,29,30). The van der Waals surface area contributed by atoms with E-state index in [4.69, 9.17) is 4.42 Å². The van der Waals surface area contributed by atoms with E-state index in [9.17, 15) is 13.2 Å². The van der Waals surface area contributed by atoms with Crippen molar-refractivity contribution < 1.29 is 17.6 Å². The summed E-state index contributed by atoms with van der Waals surface area (Å²) < 4.78 is 30.6. The van der Waals surface area contributed by atoms with E-state index in [2.05, 4.69) is 15.5 Å². The van der Waals surface area contributed by atoms with Crippen LogP contribution in [0.5, 0.6) is 0 Å². The molecule has 0 saturated heterocycles. The molecule has 1 N–H and O–H groups in total. The molecule has 0 aliphatic rings. The number of anilines is 1. The fourth-order valence-electron chi connectivity index (χ4n) is 3.62. The average molecular weight is 476 g/mol. The topological polar surface area (TPSA) is 102 Å². The summed E-state index contributed by atoms with van der Waals surface area (Å²) in [5.41, 5.74) is 2.51. The summed E-state index contributed by atoms with van der Waals surface area (Å²) in [5, 5.41) is 10.0. The second-order valence-corrected chi connectivity index (χ2v) is 10.7. The summed E-state index contributed by atoms with van der Waals surface area (Å²) in [5.74, 6) is -0.287. The van der Waals surface area contributed by atoms with E-state index in [1.807, 2.05) is 60.7 Å². The Kier molecular flexibility index (Phi) is 6.88. The van der Waals surface area contributed by atoms with Gasteiger partial charge in [-0.15, -0.1) is 5.10 Å². The molecule has 0 bridgehead atoms. The summed E-state index contributed by atoms with van der Waals surface area (Å²) in [6.07, 6.45) is 0.188. The van der Waals surface area contributed by atoms with Crippen LogP contribution in [0.15, 0.2) is 94.2 Å². The lowest BCUT2D eigenvalue weighted by Gasteiger charge is -2.17. The van der Waals surface area contributed by atoms with Gasteiger partial charge in [0.05, 0.1) is 10.1 Å². The van der Waals surface area contributed by atoms with Crippen molar-refractivity contribution in [2.24, 2.45) is 0 Å². The Balaban J connectivity index is 1.51. The molecule has 0 radical (unpaired) electrons. The van der Waals surface area contributed by atoms with Crippen LogP contribution in [0, 0.1) is 0 Å². The third-order valence-electron chi connectivity index (χ3n) is 5.49. The maximum Gasteiger partial charge on any atom is 0.322 e. The second-order valence-electron chi connectivity index (χ2n) is 8.16. The molecule has 0 fully saturated rings. The van der Waals surface area contributed by atoms with Crippen molar-refractivity contribution in [2.75, 3.05) is 5.32 Å². The Morgan fingerprint density at radius 2 is 1.50 bits per heavy atom. The fraction of sp³-hybridized carbons (Fsp3) is 0.192. The monoisotopic (exact) mass is 475 g/mol. The third-order valence-corrected chi connectivity index (χ3v) is 7.65. The minimum Gasteiger partial charge on any atom is -0.403 e. The molecule has 0 aliphatic heterocycles. The quantitative estimate of drug-likeness (QED) is 0.381. The highest BCUT2D eigenvalue weighted by atomic mass is 32.2. The molecule has 0 saturated carbocycles. The number of nitrogens with zero attached hydrogens (tertiary/aromatic N) is 2. The summed E-state index contributed by atoms with van der Waals surface area (Å²) in [4.78, 5) is 13.0. The van der Waals surface area contributed by atoms with Gasteiger partial charge in [-0.05, 0) is 43.2 Å². The number of rotatable bonds is 8. The molecule has 0 aliphatic carbocycles. The number of benzene rings is 3. The molecule has 174 valence electrons. The maximum absolute atomic E-state index is 12.9. The van der Waals surface area contributed by atoms with E-state index in [1.165, 1.54) is 12.1 Å². The van der Waals surface area contributed by atoms with Gasteiger partial charge in [-0.25, -0.2) is 8.42 Å². The van der Waals surface area contributed by atoms with Gasteiger partial charge >= 0.3 is 6.01 Å². The number of hydrogen-bond acceptors (Lipinski definition) is 6. The first-order valence-electron chi connectivity index (χ1n) is 10.9. The second kappa shape index (κ2) is 10.0. The first kappa shape index (κ1) is 23.4. The largest absolute Gasteiger partial charge is 0.403 e. The number of nitrogens with one attached hydrogen (secondary N) is 1. The van der Waals surface area contributed by atoms with Gasteiger partial charge < -0.3 is 4.42 Å². The van der Waals surface area contributed by atoms with Crippen LogP contribution in [0.25, 0.3) is 11.5 Å². The van der Waals surface area contributed by atoms with Crippen LogP contribution in [-0.4, -0.2) is 29.8 Å². The first-order valence-corrected chi connectivity index (χ1v) is 12.5. The van der Waals surface area contributed by atoms with Crippen LogP contribution in [-0.2, 0) is 14.6 Å². The molecular weight excluding hydrogens is 450 g/mol. The van der Waals surface area contributed by atoms with Crippen LogP contribution in [0.2, 0.25) is 0 Å². The van der Waals surface area contributed by atoms with E-state index < -0.39 is 15.1 Å². The first-order chi connectivity index (χ1) is 16.3. The molecule has 1 amide bonds. The molecule has 7 nitrogen and oxygen atoms in total. The summed E-state index contributed by atoms with van der Waals surface area (Å²) >= 11 is 0. The maximum atomic E-state index is 12.9. The Bertz CT molecular complexity index is 1330. The number of carbonyl (C=O) groups is 1. The normalized spacial score (nSPS) is 11.6. The molecule has 0 atom stereocenters. The highest BCUT2D eigenvalue weighted by Crippen LogP contribution is 2.29. The zero-order chi connectivity index (χ0) is 24.1. The van der Waals surface area contributed by atoms with Crippen molar-refractivity contribution in [1.29, 1.82) is 0 Å². The SMILES string of the molecule is CC(C)S(=O)(=O)c1cccc(-c2nnc(NC(=O)CC(c3ccccc3)c3ccccc3)o2)c1. The molecule has 0 unspecified atom stereocenters. The number of sulfone groups is 1. The lowest BCUT2D eigenvalue weighted by molar-refractivity contribution is -0.116. The number of carbonyl (C=O) groups excluding carboxylic acids is 1. The molecule has 3 aromatic carbocycles. The summed E-state index contributed by atoms with van der Waals surface area (Å²) in [6, 6.07) is 25.9. The smallest absolute Gasteiger partial charge is 0.322 e. The molecule has 8 heteroatoms. The number of aromatic nitrogens is 2. The highest BCUT2D eigenvalue weighted by Gasteiger charge is 2.22. The van der Waals surface area contributed by atoms with Gasteiger partial charge in [0.15, 0.2) is 9.84 Å². The van der Waals surface area contributed by atoms with Crippen LogP contribution in [0.1, 0.15) is 37.3 Å². The van der Waals surface area contributed by atoms with Gasteiger partial charge in [0.2, 0.25) is 11.8 Å². The molecule has 0 spiro atoms. The van der Waals surface area contributed by atoms with Gasteiger partial charge in [0.1, 0.15) is 0 Å². The molecule has 4 aromatic rings. The van der Waals surface area contributed by atoms with Crippen LogP contribution in [0.3, 0.4) is 0 Å². The van der Waals surface area contributed by atoms with Crippen molar-refractivity contribution in [1.82, 2.24) is 10.2 Å². The van der Waals surface area contributed by atoms with E-state index in [0.717, 1.165) is 11.1 Å². The third kappa shape index (κ3) is 5.23. The Labute approximate surface area is 198 Å². The zero-order valence-electron chi connectivity index (χ0n) is 18.9. The van der Waals surface area contributed by atoms with Crippen LogP contribution < -0.4 is 5.32 Å². The van der Waals surface area contributed by atoms with Crippen molar-refractivity contribution in [3.8, 4) is 11.5 Å². The Morgan fingerprint density at radius 1 is 0.882 bits per heavy atom. The average Bonchev–Trinajstić information content (AvgIpc) is 3.32. The van der Waals surface area contributed by atoms with Gasteiger partial charge in [0.25, 0.3) is 0 Å². The van der Waals surface area contributed by atoms with Crippen LogP contribution in [0.4, 0.5) is 6.01 Å². The summed E-state index contributed by atoms with van der Waals surface area (Å²) in [6.45, 7) is 3.25. The van der Waals surface area contributed by atoms with Gasteiger partial charge in [-0.2, -0.15) is 0 Å². The Morgan fingerprint density at radius 3 is 2.09 bits per heavy atom. The van der Waals surface area contributed by atoms with Gasteiger partial charge in [-0.1, -0.05) is 71.8 Å². The summed E-state index contributed by atoms with van der Waals surface area (Å²) in [7, 11) is -3.45. The fourth-order valence-corrected chi connectivity index (χ4v) is 4.73. The number of hydrogen-bond donors (Lipinski definition) is 1. The molecule has 1 heterocycles. The minimum atomic E-state index is -3.45. The van der Waals surface area contributed by atoms with Gasteiger partial charge in [0, 0.05) is 17.9 Å². The van der Waals surface area contributed by atoms with Crippen molar-refractivity contribution in [3.63, 3.8) is 0 Å².